The van der Waals surface area contributed by atoms with Crippen molar-refractivity contribution < 1.29 is 0 Å². The standard InChI is InChI=1S/C31H36/c1-4-6-8-14-24(13-7-5-2)28-17-11-12-18-30(28)27-21-22-31-26(23(27)3)20-19-25-15-9-10-16-29(25)31/h9-12,15-22,24H,4-8,13-14H2,1-3H3. The Morgan fingerprint density at radius 2 is 1.29 bits per heavy atom. The van der Waals surface area contributed by atoms with E-state index in [1.165, 1.54) is 83.2 Å². The van der Waals surface area contributed by atoms with Crippen molar-refractivity contribution in [1.29, 1.82) is 0 Å². The molecule has 0 N–H and O–H groups in total. The second kappa shape index (κ2) is 10.1. The lowest BCUT2D eigenvalue weighted by Crippen LogP contribution is -2.02. The van der Waals surface area contributed by atoms with Crippen molar-refractivity contribution in [2.45, 2.75) is 71.6 Å². The highest BCUT2D eigenvalue weighted by molar-refractivity contribution is 6.09. The fraction of sp³-hybridized carbons (Fsp3) is 0.355. The number of hydrogen-bond donors (Lipinski definition) is 0. The molecule has 0 spiro atoms. The highest BCUT2D eigenvalue weighted by Gasteiger charge is 2.17. The van der Waals surface area contributed by atoms with Gasteiger partial charge in [-0.05, 0) is 69.5 Å². The summed E-state index contributed by atoms with van der Waals surface area (Å²) >= 11 is 0. The van der Waals surface area contributed by atoms with Crippen LogP contribution in [0.1, 0.15) is 75.8 Å². The molecule has 0 amide bonds. The van der Waals surface area contributed by atoms with Crippen LogP contribution in [0.15, 0.2) is 72.8 Å². The molecule has 0 aliphatic heterocycles. The Balaban J connectivity index is 1.80. The summed E-state index contributed by atoms with van der Waals surface area (Å²) < 4.78 is 0. The molecule has 0 saturated carbocycles. The first-order valence-electron chi connectivity index (χ1n) is 12.2. The van der Waals surface area contributed by atoms with Crippen LogP contribution in [-0.4, -0.2) is 0 Å². The lowest BCUT2D eigenvalue weighted by Gasteiger charge is -2.22. The largest absolute Gasteiger partial charge is 0.0654 e. The third-order valence-corrected chi connectivity index (χ3v) is 6.95. The molecule has 0 nitrogen and oxygen atoms in total. The Hall–Kier alpha value is -2.60. The number of aryl methyl sites for hydroxylation is 1. The van der Waals surface area contributed by atoms with Crippen molar-refractivity contribution in [3.63, 3.8) is 0 Å². The van der Waals surface area contributed by atoms with Gasteiger partial charge in [0, 0.05) is 0 Å². The molecule has 0 aromatic heterocycles. The summed E-state index contributed by atoms with van der Waals surface area (Å²) in [6.45, 7) is 6.92. The lowest BCUT2D eigenvalue weighted by molar-refractivity contribution is 0.516. The Morgan fingerprint density at radius 1 is 0.581 bits per heavy atom. The van der Waals surface area contributed by atoms with E-state index in [-0.39, 0.29) is 0 Å². The topological polar surface area (TPSA) is 0 Å². The molecular weight excluding hydrogens is 372 g/mol. The van der Waals surface area contributed by atoms with Gasteiger partial charge < -0.3 is 0 Å². The maximum absolute atomic E-state index is 2.39. The zero-order valence-corrected chi connectivity index (χ0v) is 19.5. The third-order valence-electron chi connectivity index (χ3n) is 6.95. The predicted octanol–water partition coefficient (Wildman–Crippen LogP) is 9.82. The minimum Gasteiger partial charge on any atom is -0.0654 e. The molecule has 4 rings (SSSR count). The van der Waals surface area contributed by atoms with Gasteiger partial charge in [0.1, 0.15) is 0 Å². The quantitative estimate of drug-likeness (QED) is 0.191. The van der Waals surface area contributed by atoms with Crippen LogP contribution in [-0.2, 0) is 0 Å². The van der Waals surface area contributed by atoms with E-state index in [4.69, 9.17) is 0 Å². The van der Waals surface area contributed by atoms with Crippen LogP contribution in [0.2, 0.25) is 0 Å². The van der Waals surface area contributed by atoms with Crippen molar-refractivity contribution in [3.8, 4) is 11.1 Å². The van der Waals surface area contributed by atoms with Gasteiger partial charge in [-0.1, -0.05) is 119 Å². The van der Waals surface area contributed by atoms with Crippen molar-refractivity contribution in [1.82, 2.24) is 0 Å². The van der Waals surface area contributed by atoms with Crippen molar-refractivity contribution in [3.05, 3.63) is 83.9 Å². The van der Waals surface area contributed by atoms with E-state index in [9.17, 15) is 0 Å². The van der Waals surface area contributed by atoms with Crippen molar-refractivity contribution in [2.75, 3.05) is 0 Å². The molecule has 1 unspecified atom stereocenters. The Bertz CT molecular complexity index is 1150. The highest BCUT2D eigenvalue weighted by atomic mass is 14.2. The van der Waals surface area contributed by atoms with Gasteiger partial charge in [-0.2, -0.15) is 0 Å². The first-order valence-corrected chi connectivity index (χ1v) is 12.2. The fourth-order valence-corrected chi connectivity index (χ4v) is 5.18. The number of fused-ring (bicyclic) bond motifs is 3. The molecule has 160 valence electrons. The highest BCUT2D eigenvalue weighted by Crippen LogP contribution is 2.39. The SMILES string of the molecule is CCCCCC(CCCC)c1ccccc1-c1ccc2c(ccc3ccccc32)c1C. The summed E-state index contributed by atoms with van der Waals surface area (Å²) in [5.41, 5.74) is 5.79. The van der Waals surface area contributed by atoms with Gasteiger partial charge in [-0.15, -0.1) is 0 Å². The smallest absolute Gasteiger partial charge is 0.0102 e. The van der Waals surface area contributed by atoms with Gasteiger partial charge in [0.15, 0.2) is 0 Å². The second-order valence-electron chi connectivity index (χ2n) is 9.04. The molecule has 0 heterocycles. The molecule has 31 heavy (non-hydrogen) atoms. The second-order valence-corrected chi connectivity index (χ2v) is 9.04. The minimum absolute atomic E-state index is 0.661. The minimum atomic E-state index is 0.661. The van der Waals surface area contributed by atoms with Crippen molar-refractivity contribution >= 4 is 21.5 Å². The van der Waals surface area contributed by atoms with E-state index in [0.717, 1.165) is 0 Å². The van der Waals surface area contributed by atoms with E-state index in [0.29, 0.717) is 5.92 Å². The van der Waals surface area contributed by atoms with Gasteiger partial charge in [0.05, 0.1) is 0 Å². The number of unbranched alkanes of at least 4 members (excludes halogenated alkanes) is 3. The van der Waals surface area contributed by atoms with Crippen LogP contribution in [0.5, 0.6) is 0 Å². The van der Waals surface area contributed by atoms with Crippen LogP contribution in [0.4, 0.5) is 0 Å². The van der Waals surface area contributed by atoms with E-state index in [2.05, 4.69) is 93.6 Å². The number of benzene rings is 4. The Kier molecular flexibility index (Phi) is 7.07. The van der Waals surface area contributed by atoms with Gasteiger partial charge >= 0.3 is 0 Å². The van der Waals surface area contributed by atoms with Crippen LogP contribution < -0.4 is 0 Å². The average Bonchev–Trinajstić information content (AvgIpc) is 2.81. The average molecular weight is 409 g/mol. The maximum Gasteiger partial charge on any atom is -0.0102 e. The van der Waals surface area contributed by atoms with Crippen LogP contribution in [0, 0.1) is 6.92 Å². The monoisotopic (exact) mass is 408 g/mol. The molecule has 0 aliphatic carbocycles. The summed E-state index contributed by atoms with van der Waals surface area (Å²) in [5.74, 6) is 0.661. The van der Waals surface area contributed by atoms with Gasteiger partial charge in [-0.25, -0.2) is 0 Å². The Morgan fingerprint density at radius 3 is 2.13 bits per heavy atom. The molecule has 0 aliphatic rings. The van der Waals surface area contributed by atoms with Crippen LogP contribution >= 0.6 is 0 Å². The molecule has 0 radical (unpaired) electrons. The zero-order valence-electron chi connectivity index (χ0n) is 19.5. The molecule has 0 bridgehead atoms. The van der Waals surface area contributed by atoms with E-state index in [1.54, 1.807) is 5.56 Å². The molecule has 4 aromatic rings. The number of hydrogen-bond acceptors (Lipinski definition) is 0. The first kappa shape index (κ1) is 21.6. The fourth-order valence-electron chi connectivity index (χ4n) is 5.18. The number of rotatable bonds is 9. The predicted molar refractivity (Wildman–Crippen MR) is 138 cm³/mol. The molecule has 0 heteroatoms. The molecule has 1 atom stereocenters. The molecule has 4 aromatic carbocycles. The van der Waals surface area contributed by atoms with E-state index >= 15 is 0 Å². The summed E-state index contributed by atoms with van der Waals surface area (Å²) in [6.07, 6.45) is 9.16. The Labute approximate surface area is 188 Å². The summed E-state index contributed by atoms with van der Waals surface area (Å²) in [5, 5.41) is 5.41. The first-order chi connectivity index (χ1) is 15.2. The van der Waals surface area contributed by atoms with Crippen LogP contribution in [0.3, 0.4) is 0 Å². The lowest BCUT2D eigenvalue weighted by atomic mass is 9.82. The normalized spacial score (nSPS) is 12.5. The molecular formula is C31H36. The molecule has 0 saturated heterocycles. The molecule has 0 fully saturated rings. The summed E-state index contributed by atoms with van der Waals surface area (Å²) in [6, 6.07) is 27.2. The van der Waals surface area contributed by atoms with Crippen LogP contribution in [0.25, 0.3) is 32.7 Å². The summed E-state index contributed by atoms with van der Waals surface area (Å²) in [4.78, 5) is 0. The maximum atomic E-state index is 2.39. The van der Waals surface area contributed by atoms with Gasteiger partial charge in [0.2, 0.25) is 0 Å². The van der Waals surface area contributed by atoms with Gasteiger partial charge in [-0.3, -0.25) is 0 Å². The zero-order chi connectivity index (χ0) is 21.6. The third kappa shape index (κ3) is 4.54. The van der Waals surface area contributed by atoms with Crippen molar-refractivity contribution in [2.24, 2.45) is 0 Å². The van der Waals surface area contributed by atoms with E-state index < -0.39 is 0 Å². The van der Waals surface area contributed by atoms with Gasteiger partial charge in [0.25, 0.3) is 0 Å². The summed E-state index contributed by atoms with van der Waals surface area (Å²) in [7, 11) is 0. The van der Waals surface area contributed by atoms with E-state index in [1.807, 2.05) is 0 Å².